The zero-order chi connectivity index (χ0) is 6.83. The Morgan fingerprint density at radius 1 is 1.38 bits per heavy atom. The Morgan fingerprint density at radius 3 is 1.75 bits per heavy atom. The van der Waals surface area contributed by atoms with E-state index in [1.807, 2.05) is 0 Å². The van der Waals surface area contributed by atoms with Gasteiger partial charge in [-0.25, -0.2) is 0 Å². The SMILES string of the molecule is CCO.NCCCO. The molecule has 0 bridgehead atoms. The molecule has 0 saturated carbocycles. The highest BCUT2D eigenvalue weighted by Crippen LogP contribution is 1.62. The molecule has 8 heavy (non-hydrogen) atoms. The molecular weight excluding hydrogens is 106 g/mol. The third-order valence-corrected chi connectivity index (χ3v) is 0.362. The maximum atomic E-state index is 7.99. The summed E-state index contributed by atoms with van der Waals surface area (Å²) in [4.78, 5) is 0. The Morgan fingerprint density at radius 2 is 1.75 bits per heavy atom. The lowest BCUT2D eigenvalue weighted by atomic mass is 10.5. The van der Waals surface area contributed by atoms with Crippen molar-refractivity contribution in [3.8, 4) is 0 Å². The van der Waals surface area contributed by atoms with Gasteiger partial charge in [0.15, 0.2) is 0 Å². The van der Waals surface area contributed by atoms with E-state index in [-0.39, 0.29) is 13.2 Å². The van der Waals surface area contributed by atoms with Crippen molar-refractivity contribution in [2.45, 2.75) is 13.3 Å². The van der Waals surface area contributed by atoms with E-state index >= 15 is 0 Å². The molecule has 4 N–H and O–H groups in total. The number of hydrogen-bond donors (Lipinski definition) is 3. The van der Waals surface area contributed by atoms with Gasteiger partial charge in [-0.1, -0.05) is 0 Å². The van der Waals surface area contributed by atoms with E-state index in [1.54, 1.807) is 6.92 Å². The molecule has 52 valence electrons. The van der Waals surface area contributed by atoms with E-state index in [4.69, 9.17) is 15.9 Å². The van der Waals surface area contributed by atoms with Gasteiger partial charge in [0.05, 0.1) is 0 Å². The van der Waals surface area contributed by atoms with E-state index in [0.717, 1.165) is 6.42 Å². The third kappa shape index (κ3) is 39.6. The number of aliphatic hydroxyl groups excluding tert-OH is 2. The molecule has 0 aromatic rings. The van der Waals surface area contributed by atoms with E-state index in [1.165, 1.54) is 0 Å². The summed E-state index contributed by atoms with van der Waals surface area (Å²) < 4.78 is 0. The molecular formula is C5H15NO2. The molecule has 0 aromatic carbocycles. The summed E-state index contributed by atoms with van der Waals surface area (Å²) in [6, 6.07) is 0. The first-order valence-electron chi connectivity index (χ1n) is 2.75. The zero-order valence-electron chi connectivity index (χ0n) is 5.30. The van der Waals surface area contributed by atoms with E-state index in [9.17, 15) is 0 Å². The van der Waals surface area contributed by atoms with Crippen LogP contribution in [0.4, 0.5) is 0 Å². The van der Waals surface area contributed by atoms with Crippen molar-refractivity contribution in [2.24, 2.45) is 5.73 Å². The maximum absolute atomic E-state index is 7.99. The molecule has 0 aliphatic heterocycles. The molecule has 0 aliphatic carbocycles. The lowest BCUT2D eigenvalue weighted by Crippen LogP contribution is -1.99. The fourth-order valence-electron chi connectivity index (χ4n) is 0.0913. The highest BCUT2D eigenvalue weighted by atomic mass is 16.3. The van der Waals surface area contributed by atoms with Gasteiger partial charge in [-0.15, -0.1) is 0 Å². The topological polar surface area (TPSA) is 66.5 Å². The van der Waals surface area contributed by atoms with Crippen molar-refractivity contribution < 1.29 is 10.2 Å². The standard InChI is InChI=1S/C3H9NO.C2H6O/c4-2-1-3-5;1-2-3/h5H,1-4H2;3H,2H2,1H3. The smallest absolute Gasteiger partial charge is 0.0443 e. The summed E-state index contributed by atoms with van der Waals surface area (Å²) in [5.74, 6) is 0. The van der Waals surface area contributed by atoms with Crippen LogP contribution in [-0.2, 0) is 0 Å². The number of hydrogen-bond acceptors (Lipinski definition) is 3. The molecule has 3 heteroatoms. The van der Waals surface area contributed by atoms with E-state index in [0.29, 0.717) is 6.54 Å². The first kappa shape index (κ1) is 10.8. The molecule has 0 aliphatic rings. The summed E-state index contributed by atoms with van der Waals surface area (Å²) in [5.41, 5.74) is 4.98. The maximum Gasteiger partial charge on any atom is 0.0443 e. The van der Waals surface area contributed by atoms with Gasteiger partial charge in [-0.3, -0.25) is 0 Å². The van der Waals surface area contributed by atoms with Crippen LogP contribution in [0, 0.1) is 0 Å². The van der Waals surface area contributed by atoms with Gasteiger partial charge in [0, 0.05) is 13.2 Å². The molecule has 0 amide bonds. The highest BCUT2D eigenvalue weighted by molar-refractivity contribution is 4.28. The van der Waals surface area contributed by atoms with Crippen molar-refractivity contribution in [1.29, 1.82) is 0 Å². The van der Waals surface area contributed by atoms with E-state index in [2.05, 4.69) is 0 Å². The summed E-state index contributed by atoms with van der Waals surface area (Å²) >= 11 is 0. The molecule has 3 nitrogen and oxygen atoms in total. The summed E-state index contributed by atoms with van der Waals surface area (Å²) in [6.07, 6.45) is 0.722. The van der Waals surface area contributed by atoms with Crippen LogP contribution < -0.4 is 5.73 Å². The lowest BCUT2D eigenvalue weighted by molar-refractivity contribution is 0.291. The average molecular weight is 121 g/mol. The molecule has 0 heterocycles. The van der Waals surface area contributed by atoms with Gasteiger partial charge in [-0.2, -0.15) is 0 Å². The molecule has 0 spiro atoms. The van der Waals surface area contributed by atoms with Crippen LogP contribution in [0.1, 0.15) is 13.3 Å². The number of aliphatic hydroxyl groups is 2. The lowest BCUT2D eigenvalue weighted by Gasteiger charge is -1.80. The monoisotopic (exact) mass is 121 g/mol. The van der Waals surface area contributed by atoms with Gasteiger partial charge < -0.3 is 15.9 Å². The minimum Gasteiger partial charge on any atom is -0.397 e. The van der Waals surface area contributed by atoms with Crippen molar-refractivity contribution in [3.05, 3.63) is 0 Å². The molecule has 0 radical (unpaired) electrons. The predicted octanol–water partition coefficient (Wildman–Crippen LogP) is -0.674. The summed E-state index contributed by atoms with van der Waals surface area (Å²) in [6.45, 7) is 2.74. The minimum absolute atomic E-state index is 0.219. The van der Waals surface area contributed by atoms with Crippen LogP contribution in [0.2, 0.25) is 0 Å². The van der Waals surface area contributed by atoms with Crippen LogP contribution in [0.3, 0.4) is 0 Å². The zero-order valence-corrected chi connectivity index (χ0v) is 5.30. The fourth-order valence-corrected chi connectivity index (χ4v) is 0.0913. The molecule has 0 fully saturated rings. The molecule has 0 aromatic heterocycles. The van der Waals surface area contributed by atoms with Crippen molar-refractivity contribution in [2.75, 3.05) is 19.8 Å². The predicted molar refractivity (Wildman–Crippen MR) is 33.5 cm³/mol. The van der Waals surface area contributed by atoms with E-state index < -0.39 is 0 Å². The third-order valence-electron chi connectivity index (χ3n) is 0.362. The van der Waals surface area contributed by atoms with Crippen molar-refractivity contribution in [1.82, 2.24) is 0 Å². The van der Waals surface area contributed by atoms with Gasteiger partial charge in [-0.05, 0) is 19.9 Å². The van der Waals surface area contributed by atoms with Crippen LogP contribution in [0.25, 0.3) is 0 Å². The second-order valence-corrected chi connectivity index (χ2v) is 1.18. The van der Waals surface area contributed by atoms with Crippen LogP contribution >= 0.6 is 0 Å². The van der Waals surface area contributed by atoms with Gasteiger partial charge in [0.2, 0.25) is 0 Å². The Kier molecular flexibility index (Phi) is 21.3. The van der Waals surface area contributed by atoms with Crippen LogP contribution in [0.5, 0.6) is 0 Å². The molecule has 0 rings (SSSR count). The number of rotatable bonds is 2. The Hall–Kier alpha value is -0.120. The Bertz CT molecular complexity index is 24.4. The summed E-state index contributed by atoms with van der Waals surface area (Å²) in [7, 11) is 0. The second-order valence-electron chi connectivity index (χ2n) is 1.18. The fraction of sp³-hybridized carbons (Fsp3) is 1.00. The molecule has 0 unspecified atom stereocenters. The second kappa shape index (κ2) is 15.8. The van der Waals surface area contributed by atoms with Crippen molar-refractivity contribution in [3.63, 3.8) is 0 Å². The Labute approximate surface area is 50.1 Å². The number of nitrogens with two attached hydrogens (primary N) is 1. The van der Waals surface area contributed by atoms with Gasteiger partial charge in [0.25, 0.3) is 0 Å². The normalized spacial score (nSPS) is 7.50. The molecule has 0 saturated heterocycles. The largest absolute Gasteiger partial charge is 0.397 e. The Balaban J connectivity index is 0. The minimum atomic E-state index is 0.219. The summed E-state index contributed by atoms with van der Waals surface area (Å²) in [5, 5.41) is 15.6. The quantitative estimate of drug-likeness (QED) is 0.453. The first-order valence-corrected chi connectivity index (χ1v) is 2.75. The highest BCUT2D eigenvalue weighted by Gasteiger charge is 1.69. The molecule has 0 atom stereocenters. The van der Waals surface area contributed by atoms with Crippen LogP contribution in [-0.4, -0.2) is 30.0 Å². The van der Waals surface area contributed by atoms with Crippen LogP contribution in [0.15, 0.2) is 0 Å². The van der Waals surface area contributed by atoms with Crippen molar-refractivity contribution >= 4 is 0 Å². The van der Waals surface area contributed by atoms with Gasteiger partial charge >= 0.3 is 0 Å². The average Bonchev–Trinajstić information content (AvgIpc) is 1.71. The van der Waals surface area contributed by atoms with Gasteiger partial charge in [0.1, 0.15) is 0 Å². The first-order chi connectivity index (χ1) is 3.83.